The highest BCUT2D eigenvalue weighted by atomic mass is 31.2. The maximum Gasteiger partial charge on any atom is 0.475 e. The van der Waals surface area contributed by atoms with E-state index in [1.807, 2.05) is 30.3 Å². The molecule has 1 fully saturated rings. The van der Waals surface area contributed by atoms with Gasteiger partial charge >= 0.3 is 13.9 Å². The molecule has 1 aromatic carbocycles. The third kappa shape index (κ3) is 9.28. The van der Waals surface area contributed by atoms with Gasteiger partial charge in [0.05, 0.1) is 17.8 Å². The Kier molecular flexibility index (Phi) is 8.88. The monoisotopic (exact) mass is 470 g/mol. The second-order valence-corrected chi connectivity index (χ2v) is 11.0. The smallest absolute Gasteiger partial charge is 0.445 e. The number of carbonyl (C=O) groups excluding carboxylic acids is 2. The summed E-state index contributed by atoms with van der Waals surface area (Å²) in [5, 5.41) is 0. The molecule has 1 heterocycles. The number of phosphoric ester groups is 1. The highest BCUT2D eigenvalue weighted by molar-refractivity contribution is 7.48. The van der Waals surface area contributed by atoms with Crippen molar-refractivity contribution in [1.29, 1.82) is 0 Å². The second-order valence-electron chi connectivity index (χ2n) is 9.53. The highest BCUT2D eigenvalue weighted by Crippen LogP contribution is 2.55. The summed E-state index contributed by atoms with van der Waals surface area (Å²) >= 11 is 0. The van der Waals surface area contributed by atoms with Crippen LogP contribution in [-0.2, 0) is 34.3 Å². The zero-order chi connectivity index (χ0) is 24.0. The Labute approximate surface area is 190 Å². The lowest BCUT2D eigenvalue weighted by Gasteiger charge is -2.34. The highest BCUT2D eigenvalue weighted by Gasteiger charge is 2.37. The minimum atomic E-state index is -3.84. The quantitative estimate of drug-likeness (QED) is 0.525. The first-order valence-electron chi connectivity index (χ1n) is 10.7. The first-order chi connectivity index (χ1) is 14.8. The summed E-state index contributed by atoms with van der Waals surface area (Å²) in [5.74, 6) is -0.236. The van der Waals surface area contributed by atoms with Crippen molar-refractivity contribution in [2.24, 2.45) is 0 Å². The summed E-state index contributed by atoms with van der Waals surface area (Å²) in [7, 11) is -3.84. The second kappa shape index (κ2) is 10.8. The average molecular weight is 471 g/mol. The number of phosphoric acid groups is 1. The summed E-state index contributed by atoms with van der Waals surface area (Å²) in [4.78, 5) is 27.7. The van der Waals surface area contributed by atoms with Gasteiger partial charge in [0.15, 0.2) is 0 Å². The molecule has 0 N–H and O–H groups in total. The van der Waals surface area contributed by atoms with E-state index in [2.05, 4.69) is 0 Å². The summed E-state index contributed by atoms with van der Waals surface area (Å²) in [6, 6.07) is 9.34. The van der Waals surface area contributed by atoms with Crippen LogP contribution in [0, 0.1) is 0 Å². The van der Waals surface area contributed by atoms with Crippen LogP contribution in [0.5, 0.6) is 0 Å². The number of amides is 2. The van der Waals surface area contributed by atoms with Gasteiger partial charge in [-0.15, -0.1) is 0 Å². The minimum absolute atomic E-state index is 0.0202. The van der Waals surface area contributed by atoms with Crippen LogP contribution in [0.3, 0.4) is 0 Å². The van der Waals surface area contributed by atoms with Crippen LogP contribution in [0.2, 0.25) is 0 Å². The standard InChI is InChI=1S/C22H35N2O7P/c1-21(2,3)30-32(27,31-22(4,5)6)29-15-14-23-12-13-24(16-19(23)25)20(26)28-17-18-10-8-7-9-11-18/h7-11H,12-17H2,1-6H3. The predicted molar refractivity (Wildman–Crippen MR) is 120 cm³/mol. The number of nitrogens with zero attached hydrogens (tertiary/aromatic N) is 2. The lowest BCUT2D eigenvalue weighted by molar-refractivity contribution is -0.136. The van der Waals surface area contributed by atoms with Crippen molar-refractivity contribution < 1.29 is 32.5 Å². The molecule has 0 bridgehead atoms. The molecule has 0 aromatic heterocycles. The van der Waals surface area contributed by atoms with Crippen molar-refractivity contribution in [3.63, 3.8) is 0 Å². The van der Waals surface area contributed by atoms with Crippen molar-refractivity contribution in [2.45, 2.75) is 59.4 Å². The maximum absolute atomic E-state index is 13.1. The normalized spacial score (nSPS) is 15.8. The van der Waals surface area contributed by atoms with Gasteiger partial charge in [0.25, 0.3) is 0 Å². The summed E-state index contributed by atoms with van der Waals surface area (Å²) < 4.78 is 35.0. The number of hydrogen-bond acceptors (Lipinski definition) is 7. The first-order valence-corrected chi connectivity index (χ1v) is 12.1. The van der Waals surface area contributed by atoms with Crippen molar-refractivity contribution in [1.82, 2.24) is 9.80 Å². The molecule has 0 atom stereocenters. The van der Waals surface area contributed by atoms with E-state index >= 15 is 0 Å². The zero-order valence-electron chi connectivity index (χ0n) is 19.8. The Hall–Kier alpha value is -1.93. The fraction of sp³-hybridized carbons (Fsp3) is 0.636. The van der Waals surface area contributed by atoms with E-state index < -0.39 is 25.1 Å². The molecule has 10 heteroatoms. The van der Waals surface area contributed by atoms with Crippen molar-refractivity contribution in [3.8, 4) is 0 Å². The van der Waals surface area contributed by atoms with Crippen molar-refractivity contribution >= 4 is 19.8 Å². The third-order valence-electron chi connectivity index (χ3n) is 4.16. The molecule has 0 unspecified atom stereocenters. The zero-order valence-corrected chi connectivity index (χ0v) is 20.7. The molecule has 0 aliphatic carbocycles. The van der Waals surface area contributed by atoms with Gasteiger partial charge in [0.1, 0.15) is 13.2 Å². The molecule has 1 saturated heterocycles. The van der Waals surface area contributed by atoms with Crippen LogP contribution in [0.1, 0.15) is 47.1 Å². The number of carbonyl (C=O) groups is 2. The van der Waals surface area contributed by atoms with Gasteiger partial charge in [-0.05, 0) is 47.1 Å². The van der Waals surface area contributed by atoms with E-state index in [0.29, 0.717) is 13.1 Å². The average Bonchev–Trinajstić information content (AvgIpc) is 2.65. The fourth-order valence-electron chi connectivity index (χ4n) is 2.92. The molecular weight excluding hydrogens is 435 g/mol. The molecule has 2 rings (SSSR count). The van der Waals surface area contributed by atoms with Crippen LogP contribution in [0.4, 0.5) is 4.79 Å². The molecule has 1 aromatic rings. The van der Waals surface area contributed by atoms with Crippen molar-refractivity contribution in [2.75, 3.05) is 32.8 Å². The van der Waals surface area contributed by atoms with Gasteiger partial charge < -0.3 is 9.64 Å². The number of piperazine rings is 1. The molecular formula is C22H35N2O7P. The molecule has 0 radical (unpaired) electrons. The minimum Gasteiger partial charge on any atom is -0.445 e. The van der Waals surface area contributed by atoms with Gasteiger partial charge in [-0.3, -0.25) is 23.3 Å². The van der Waals surface area contributed by atoms with Gasteiger partial charge in [0, 0.05) is 19.6 Å². The topological polar surface area (TPSA) is 94.6 Å². The number of ether oxygens (including phenoxy) is 1. The van der Waals surface area contributed by atoms with E-state index in [0.717, 1.165) is 5.56 Å². The number of benzene rings is 1. The molecule has 0 saturated carbocycles. The molecule has 9 nitrogen and oxygen atoms in total. The fourth-order valence-corrected chi connectivity index (χ4v) is 4.71. The Balaban J connectivity index is 1.82. The molecule has 1 aliphatic rings. The van der Waals surface area contributed by atoms with Gasteiger partial charge in [0.2, 0.25) is 5.91 Å². The van der Waals surface area contributed by atoms with E-state index in [1.165, 1.54) is 4.90 Å². The Morgan fingerprint density at radius 3 is 2.12 bits per heavy atom. The van der Waals surface area contributed by atoms with Crippen LogP contribution >= 0.6 is 7.82 Å². The summed E-state index contributed by atoms with van der Waals surface area (Å²) in [5.41, 5.74) is -0.590. The van der Waals surface area contributed by atoms with Gasteiger partial charge in [-0.2, -0.15) is 0 Å². The maximum atomic E-state index is 13.1. The van der Waals surface area contributed by atoms with Crippen LogP contribution < -0.4 is 0 Å². The largest absolute Gasteiger partial charge is 0.475 e. The van der Waals surface area contributed by atoms with Crippen LogP contribution in [-0.4, -0.2) is 65.8 Å². The Morgan fingerprint density at radius 2 is 1.59 bits per heavy atom. The van der Waals surface area contributed by atoms with Crippen LogP contribution in [0.15, 0.2) is 30.3 Å². The first kappa shape index (κ1) is 26.3. The molecule has 180 valence electrons. The van der Waals surface area contributed by atoms with E-state index in [-0.39, 0.29) is 32.2 Å². The summed E-state index contributed by atoms with van der Waals surface area (Å²) in [6.07, 6.45) is -0.528. The molecule has 1 aliphatic heterocycles. The van der Waals surface area contributed by atoms with E-state index in [9.17, 15) is 14.2 Å². The molecule has 32 heavy (non-hydrogen) atoms. The Morgan fingerprint density at radius 1 is 1.00 bits per heavy atom. The molecule has 0 spiro atoms. The third-order valence-corrected chi connectivity index (χ3v) is 6.21. The van der Waals surface area contributed by atoms with Crippen LogP contribution in [0.25, 0.3) is 0 Å². The number of rotatable bonds is 8. The van der Waals surface area contributed by atoms with Crippen molar-refractivity contribution in [3.05, 3.63) is 35.9 Å². The van der Waals surface area contributed by atoms with Gasteiger partial charge in [-0.1, -0.05) is 30.3 Å². The summed E-state index contributed by atoms with van der Waals surface area (Å²) in [6.45, 7) is 11.5. The Bertz CT molecular complexity index is 798. The predicted octanol–water partition coefficient (Wildman–Crippen LogP) is 4.22. The molecule has 2 amide bonds. The lowest BCUT2D eigenvalue weighted by Crippen LogP contribution is -2.53. The number of hydrogen-bond donors (Lipinski definition) is 0. The van der Waals surface area contributed by atoms with E-state index in [4.69, 9.17) is 18.3 Å². The van der Waals surface area contributed by atoms with E-state index in [1.54, 1.807) is 46.4 Å². The SMILES string of the molecule is CC(C)(C)OP(=O)(OCCN1CCN(C(=O)OCc2ccccc2)CC1=O)OC(C)(C)C. The lowest BCUT2D eigenvalue weighted by atomic mass is 10.2. The van der Waals surface area contributed by atoms with Gasteiger partial charge in [-0.25, -0.2) is 9.36 Å².